The highest BCUT2D eigenvalue weighted by molar-refractivity contribution is 6.08. The van der Waals surface area contributed by atoms with Gasteiger partial charge in [-0.15, -0.1) is 0 Å². The quantitative estimate of drug-likeness (QED) is 0.391. The van der Waals surface area contributed by atoms with Crippen molar-refractivity contribution in [2.24, 2.45) is 4.99 Å². The van der Waals surface area contributed by atoms with Crippen LogP contribution in [0.2, 0.25) is 0 Å². The van der Waals surface area contributed by atoms with Gasteiger partial charge in [0, 0.05) is 22.3 Å². The van der Waals surface area contributed by atoms with E-state index < -0.39 is 0 Å². The van der Waals surface area contributed by atoms with E-state index >= 15 is 0 Å². The first-order valence-electron chi connectivity index (χ1n) is 9.66. The molecule has 0 aliphatic carbocycles. The third-order valence-corrected chi connectivity index (χ3v) is 4.94. The zero-order chi connectivity index (χ0) is 19.5. The third-order valence-electron chi connectivity index (χ3n) is 4.94. The van der Waals surface area contributed by atoms with Crippen LogP contribution < -0.4 is 0 Å². The molecule has 5 rings (SSSR count). The summed E-state index contributed by atoms with van der Waals surface area (Å²) in [5.41, 5.74) is 6.07. The van der Waals surface area contributed by atoms with Crippen LogP contribution >= 0.6 is 0 Å². The van der Waals surface area contributed by atoms with Gasteiger partial charge in [-0.3, -0.25) is 0 Å². The van der Waals surface area contributed by atoms with E-state index in [2.05, 4.69) is 42.5 Å². The Balaban J connectivity index is 1.82. The Morgan fingerprint density at radius 2 is 1.00 bits per heavy atom. The van der Waals surface area contributed by atoms with Crippen molar-refractivity contribution in [2.45, 2.75) is 0 Å². The van der Waals surface area contributed by atoms with Crippen molar-refractivity contribution < 1.29 is 4.74 Å². The first-order chi connectivity index (χ1) is 14.4. The van der Waals surface area contributed by atoms with Crippen LogP contribution in [0, 0.1) is 0 Å². The van der Waals surface area contributed by atoms with Gasteiger partial charge in [0.05, 0.1) is 5.69 Å². The molecule has 1 heterocycles. The van der Waals surface area contributed by atoms with Gasteiger partial charge >= 0.3 is 0 Å². The molecule has 0 aromatic heterocycles. The first kappa shape index (κ1) is 17.2. The summed E-state index contributed by atoms with van der Waals surface area (Å²) in [6, 6.07) is 38.9. The van der Waals surface area contributed by atoms with Crippen molar-refractivity contribution in [1.29, 1.82) is 0 Å². The molecule has 0 fully saturated rings. The van der Waals surface area contributed by atoms with Crippen LogP contribution in [0.15, 0.2) is 120 Å². The van der Waals surface area contributed by atoms with Crippen molar-refractivity contribution in [1.82, 2.24) is 0 Å². The molecule has 0 bridgehead atoms. The van der Waals surface area contributed by atoms with Gasteiger partial charge in [-0.05, 0) is 23.8 Å². The molecule has 0 atom stereocenters. The molecule has 0 saturated heterocycles. The molecule has 138 valence electrons. The second-order valence-corrected chi connectivity index (χ2v) is 6.84. The van der Waals surface area contributed by atoms with Crippen molar-refractivity contribution in [3.63, 3.8) is 0 Å². The van der Waals surface area contributed by atoms with E-state index in [1.807, 2.05) is 72.8 Å². The Morgan fingerprint density at radius 3 is 1.66 bits per heavy atom. The molecular weight excluding hydrogens is 354 g/mol. The second kappa shape index (κ2) is 7.61. The fourth-order valence-electron chi connectivity index (χ4n) is 3.57. The summed E-state index contributed by atoms with van der Waals surface area (Å²) in [5, 5.41) is 0. The molecule has 1 aliphatic heterocycles. The normalized spacial score (nSPS) is 13.2. The largest absolute Gasteiger partial charge is 0.437 e. The zero-order valence-corrected chi connectivity index (χ0v) is 15.8. The Kier molecular flexibility index (Phi) is 4.51. The van der Waals surface area contributed by atoms with Gasteiger partial charge in [0.15, 0.2) is 0 Å². The molecule has 4 aromatic carbocycles. The molecule has 2 nitrogen and oxygen atoms in total. The number of hydrogen-bond acceptors (Lipinski definition) is 2. The SMILES string of the molecule is c1ccc(C2=Nc3ccccc3C(c3ccccc3)=C(c3ccccc3)O2)cc1. The first-order valence-corrected chi connectivity index (χ1v) is 9.66. The van der Waals surface area contributed by atoms with Crippen LogP contribution in [0.4, 0.5) is 5.69 Å². The molecule has 0 unspecified atom stereocenters. The average molecular weight is 373 g/mol. The Morgan fingerprint density at radius 1 is 0.483 bits per heavy atom. The van der Waals surface area contributed by atoms with Crippen molar-refractivity contribution in [3.8, 4) is 0 Å². The Labute approximate surface area is 170 Å². The van der Waals surface area contributed by atoms with Crippen molar-refractivity contribution in [3.05, 3.63) is 138 Å². The maximum atomic E-state index is 6.56. The lowest BCUT2D eigenvalue weighted by atomic mass is 9.93. The maximum absolute atomic E-state index is 6.56. The highest BCUT2D eigenvalue weighted by atomic mass is 16.5. The summed E-state index contributed by atoms with van der Waals surface area (Å²) >= 11 is 0. The number of nitrogens with zero attached hydrogens (tertiary/aromatic N) is 1. The van der Waals surface area contributed by atoms with E-state index in [0.717, 1.165) is 39.3 Å². The van der Waals surface area contributed by atoms with Gasteiger partial charge in [-0.25, -0.2) is 4.99 Å². The van der Waals surface area contributed by atoms with Gasteiger partial charge in [-0.1, -0.05) is 97.1 Å². The van der Waals surface area contributed by atoms with Gasteiger partial charge in [-0.2, -0.15) is 0 Å². The van der Waals surface area contributed by atoms with Crippen LogP contribution in [0.3, 0.4) is 0 Å². The maximum Gasteiger partial charge on any atom is 0.227 e. The molecule has 2 heteroatoms. The molecule has 0 saturated carbocycles. The molecule has 0 radical (unpaired) electrons. The summed E-state index contributed by atoms with van der Waals surface area (Å²) in [6.45, 7) is 0. The lowest BCUT2D eigenvalue weighted by Crippen LogP contribution is -2.06. The fraction of sp³-hybridized carbons (Fsp3) is 0. The number of benzene rings is 4. The second-order valence-electron chi connectivity index (χ2n) is 6.84. The summed E-state index contributed by atoms with van der Waals surface area (Å²) in [6.07, 6.45) is 0. The molecular formula is C27H19NO. The molecule has 0 spiro atoms. The predicted molar refractivity (Wildman–Crippen MR) is 119 cm³/mol. The monoisotopic (exact) mass is 373 g/mol. The highest BCUT2D eigenvalue weighted by Crippen LogP contribution is 2.40. The van der Waals surface area contributed by atoms with Crippen molar-refractivity contribution >= 4 is 22.9 Å². The number of rotatable bonds is 3. The molecule has 1 aliphatic rings. The van der Waals surface area contributed by atoms with Crippen LogP contribution in [0.1, 0.15) is 22.3 Å². The minimum Gasteiger partial charge on any atom is -0.437 e. The smallest absolute Gasteiger partial charge is 0.227 e. The van der Waals surface area contributed by atoms with E-state index in [1.54, 1.807) is 0 Å². The van der Waals surface area contributed by atoms with E-state index in [4.69, 9.17) is 9.73 Å². The van der Waals surface area contributed by atoms with Gasteiger partial charge in [0.2, 0.25) is 5.90 Å². The van der Waals surface area contributed by atoms with E-state index in [1.165, 1.54) is 0 Å². The summed E-state index contributed by atoms with van der Waals surface area (Å²) in [4.78, 5) is 4.91. The molecule has 29 heavy (non-hydrogen) atoms. The van der Waals surface area contributed by atoms with Crippen LogP contribution in [0.25, 0.3) is 11.3 Å². The van der Waals surface area contributed by atoms with E-state index in [0.29, 0.717) is 5.90 Å². The third kappa shape index (κ3) is 3.37. The molecule has 0 N–H and O–H groups in total. The summed E-state index contributed by atoms with van der Waals surface area (Å²) in [7, 11) is 0. The Bertz CT molecular complexity index is 1190. The standard InChI is InChI=1S/C27H19NO/c1-4-12-20(13-5-1)25-23-18-10-11-19-24(23)28-27(22-16-8-3-9-17-22)29-26(25)21-14-6-2-7-15-21/h1-19H. The number of hydrogen-bond donors (Lipinski definition) is 0. The van der Waals surface area contributed by atoms with Gasteiger partial charge in [0.25, 0.3) is 0 Å². The zero-order valence-electron chi connectivity index (χ0n) is 15.8. The predicted octanol–water partition coefficient (Wildman–Crippen LogP) is 6.71. The number of para-hydroxylation sites is 1. The van der Waals surface area contributed by atoms with E-state index in [-0.39, 0.29) is 0 Å². The fourth-order valence-corrected chi connectivity index (χ4v) is 3.57. The Hall–Kier alpha value is -3.91. The van der Waals surface area contributed by atoms with Gasteiger partial charge < -0.3 is 4.74 Å². The topological polar surface area (TPSA) is 21.6 Å². The van der Waals surface area contributed by atoms with E-state index in [9.17, 15) is 0 Å². The lowest BCUT2D eigenvalue weighted by Gasteiger charge is -2.16. The lowest BCUT2D eigenvalue weighted by molar-refractivity contribution is 0.512. The minimum atomic E-state index is 0.600. The molecule has 4 aromatic rings. The average Bonchev–Trinajstić information content (AvgIpc) is 2.98. The number of fused-ring (bicyclic) bond motifs is 1. The summed E-state index contributed by atoms with van der Waals surface area (Å²) in [5.74, 6) is 1.41. The molecule has 0 amide bonds. The highest BCUT2D eigenvalue weighted by Gasteiger charge is 2.23. The summed E-state index contributed by atoms with van der Waals surface area (Å²) < 4.78 is 6.56. The van der Waals surface area contributed by atoms with Crippen molar-refractivity contribution in [2.75, 3.05) is 0 Å². The number of aliphatic imine (C=N–C) groups is 1. The van der Waals surface area contributed by atoms with Crippen LogP contribution in [0.5, 0.6) is 0 Å². The number of ether oxygens (including phenoxy) is 1. The van der Waals surface area contributed by atoms with Crippen LogP contribution in [-0.2, 0) is 4.74 Å². The van der Waals surface area contributed by atoms with Crippen LogP contribution in [-0.4, -0.2) is 5.90 Å². The minimum absolute atomic E-state index is 0.600. The van der Waals surface area contributed by atoms with Gasteiger partial charge in [0.1, 0.15) is 5.76 Å².